The van der Waals surface area contributed by atoms with E-state index in [2.05, 4.69) is 28.3 Å². The molecule has 0 radical (unpaired) electrons. The Hall–Kier alpha value is -2.46. The van der Waals surface area contributed by atoms with Crippen LogP contribution in [0.15, 0.2) is 30.7 Å². The summed E-state index contributed by atoms with van der Waals surface area (Å²) < 4.78 is 5.77. The lowest BCUT2D eigenvalue weighted by Crippen LogP contribution is -2.44. The molecule has 6 rings (SSSR count). The number of phenolic OH excluding ortho intramolecular Hbond substituents is 1. The second-order valence-corrected chi connectivity index (χ2v) is 14.3. The third-order valence-corrected chi connectivity index (χ3v) is 11.7. The van der Waals surface area contributed by atoms with E-state index < -0.39 is 24.4 Å². The number of aryl methyl sites for hydroxylation is 1. The number of amides is 1. The molecule has 9 heteroatoms. The number of aliphatic hydroxyl groups is 3. The van der Waals surface area contributed by atoms with Gasteiger partial charge < -0.3 is 35.5 Å². The van der Waals surface area contributed by atoms with Gasteiger partial charge in [0.05, 0.1) is 24.3 Å². The number of carbonyl (C=O) groups is 1. The van der Waals surface area contributed by atoms with E-state index in [1.54, 1.807) is 6.20 Å². The fraction of sp³-hybridized carbons (Fsp3) is 0.714. The van der Waals surface area contributed by atoms with E-state index in [-0.39, 0.29) is 24.0 Å². The molecule has 9 nitrogen and oxygen atoms in total. The van der Waals surface area contributed by atoms with Gasteiger partial charge in [-0.05, 0) is 97.3 Å². The number of ether oxygens (including phenoxy) is 1. The van der Waals surface area contributed by atoms with Gasteiger partial charge in [0.1, 0.15) is 30.2 Å². The molecule has 1 aromatic heterocycles. The molecular formula is C35H51N3O6. The molecule has 1 aliphatic heterocycles. The quantitative estimate of drug-likeness (QED) is 0.192. The molecule has 2 saturated carbocycles. The zero-order valence-electron chi connectivity index (χ0n) is 26.0. The van der Waals surface area contributed by atoms with Crippen molar-refractivity contribution in [3.63, 3.8) is 0 Å². The highest BCUT2D eigenvalue weighted by atomic mass is 16.5. The van der Waals surface area contributed by atoms with Crippen LogP contribution in [-0.2, 0) is 16.0 Å². The van der Waals surface area contributed by atoms with Crippen LogP contribution in [-0.4, -0.2) is 67.3 Å². The molecule has 4 aliphatic rings. The van der Waals surface area contributed by atoms with Crippen molar-refractivity contribution in [2.24, 2.45) is 23.2 Å². The van der Waals surface area contributed by atoms with Gasteiger partial charge in [-0.2, -0.15) is 0 Å². The predicted octanol–water partition coefficient (Wildman–Crippen LogP) is 4.66. The van der Waals surface area contributed by atoms with E-state index in [0.29, 0.717) is 41.5 Å². The van der Waals surface area contributed by atoms with Crippen molar-refractivity contribution < 1.29 is 30.0 Å². The van der Waals surface area contributed by atoms with Crippen LogP contribution < -0.4 is 5.32 Å². The maximum absolute atomic E-state index is 12.3. The number of fused-ring (bicyclic) bond motifs is 5. The van der Waals surface area contributed by atoms with Gasteiger partial charge in [-0.1, -0.05) is 45.1 Å². The molecule has 0 bridgehead atoms. The highest BCUT2D eigenvalue weighted by molar-refractivity contribution is 5.75. The van der Waals surface area contributed by atoms with E-state index in [4.69, 9.17) is 4.74 Å². The highest BCUT2D eigenvalue weighted by Crippen LogP contribution is 2.62. The Labute approximate surface area is 260 Å². The predicted molar refractivity (Wildman–Crippen MR) is 166 cm³/mol. The van der Waals surface area contributed by atoms with Gasteiger partial charge in [-0.15, -0.1) is 0 Å². The number of aromatic nitrogens is 2. The summed E-state index contributed by atoms with van der Waals surface area (Å²) in [4.78, 5) is 19.2. The van der Waals surface area contributed by atoms with Crippen molar-refractivity contribution >= 4 is 5.91 Å². The Balaban J connectivity index is 0.854. The average molecular weight is 610 g/mol. The molecule has 6 N–H and O–H groups in total. The Morgan fingerprint density at radius 3 is 2.68 bits per heavy atom. The minimum absolute atomic E-state index is 0.0318. The summed E-state index contributed by atoms with van der Waals surface area (Å²) in [5.41, 5.74) is 3.40. The van der Waals surface area contributed by atoms with Gasteiger partial charge in [0.25, 0.3) is 0 Å². The summed E-state index contributed by atoms with van der Waals surface area (Å²) in [5, 5.41) is 44.9. The number of phenols is 1. The molecule has 2 heterocycles. The Morgan fingerprint density at radius 2 is 1.89 bits per heavy atom. The molecular weight excluding hydrogens is 558 g/mol. The summed E-state index contributed by atoms with van der Waals surface area (Å²) in [7, 11) is 0. The van der Waals surface area contributed by atoms with E-state index in [0.717, 1.165) is 70.6 Å². The molecule has 3 aliphatic carbocycles. The van der Waals surface area contributed by atoms with Crippen molar-refractivity contribution in [1.82, 2.24) is 15.3 Å². The second kappa shape index (κ2) is 13.5. The van der Waals surface area contributed by atoms with Gasteiger partial charge in [0, 0.05) is 13.0 Å². The maximum atomic E-state index is 12.3. The molecule has 1 saturated heterocycles. The lowest BCUT2D eigenvalue weighted by Gasteiger charge is -2.50. The first-order valence-electron chi connectivity index (χ1n) is 17.0. The number of aromatic hydroxyl groups is 1. The zero-order valence-corrected chi connectivity index (χ0v) is 26.0. The maximum Gasteiger partial charge on any atom is 0.220 e. The number of H-pyrrole nitrogens is 1. The fourth-order valence-electron chi connectivity index (χ4n) is 9.30. The number of hydrogen-bond acceptors (Lipinski definition) is 7. The smallest absolute Gasteiger partial charge is 0.220 e. The molecule has 44 heavy (non-hydrogen) atoms. The fourth-order valence-corrected chi connectivity index (χ4v) is 9.30. The third-order valence-electron chi connectivity index (χ3n) is 11.7. The average Bonchev–Trinajstić information content (AvgIpc) is 3.71. The van der Waals surface area contributed by atoms with E-state index >= 15 is 0 Å². The summed E-state index contributed by atoms with van der Waals surface area (Å²) >= 11 is 0. The number of aromatic amines is 1. The van der Waals surface area contributed by atoms with Crippen LogP contribution in [0.4, 0.5) is 0 Å². The summed E-state index contributed by atoms with van der Waals surface area (Å²) in [6.45, 7) is 2.51. The number of rotatable bonds is 12. The molecule has 2 aromatic rings. The monoisotopic (exact) mass is 609 g/mol. The van der Waals surface area contributed by atoms with E-state index in [1.807, 2.05) is 12.1 Å². The lowest BCUT2D eigenvalue weighted by atomic mass is 9.55. The number of nitrogens with zero attached hydrogens (tertiary/aromatic N) is 1. The minimum Gasteiger partial charge on any atom is -0.508 e. The lowest BCUT2D eigenvalue weighted by molar-refractivity contribution is -0.122. The van der Waals surface area contributed by atoms with Crippen LogP contribution in [0.25, 0.3) is 0 Å². The standard InChI is InChI=1S/C35H51N3O6/c1-35-15-14-25-24-13-11-23(39)16-21(24)10-12-26(25)27(35)17-22(34(35)43)8-6-4-2-3-5-7-9-30(40)37-19-29-31(41)32(42)33(44-29)28-18-36-20-38-28/h11,13,16,18,20,22,25-27,29,31-34,39,41-43H,2-10,12,14-15,17,19H2,1H3,(H,36,38)(H,37,40)/t22-,25+,26+,27-,29+,31+,32+,33-,34-,35-/m0/s1. The first-order valence-corrected chi connectivity index (χ1v) is 17.0. The number of nitrogens with one attached hydrogen (secondary N) is 2. The van der Waals surface area contributed by atoms with Crippen molar-refractivity contribution in [1.29, 1.82) is 0 Å². The number of unbranched alkanes of at least 4 members (excludes halogenated alkanes) is 5. The molecule has 1 aromatic carbocycles. The van der Waals surface area contributed by atoms with Crippen LogP contribution in [0.5, 0.6) is 5.75 Å². The van der Waals surface area contributed by atoms with Crippen molar-refractivity contribution in [3.8, 4) is 5.75 Å². The normalized spacial score (nSPS) is 36.0. The van der Waals surface area contributed by atoms with E-state index in [9.17, 15) is 25.2 Å². The molecule has 242 valence electrons. The summed E-state index contributed by atoms with van der Waals surface area (Å²) in [5.74, 6) is 2.50. The topological polar surface area (TPSA) is 148 Å². The third kappa shape index (κ3) is 6.30. The first kappa shape index (κ1) is 31.5. The largest absolute Gasteiger partial charge is 0.508 e. The molecule has 0 unspecified atom stereocenters. The molecule has 1 amide bonds. The Bertz CT molecular complexity index is 1260. The van der Waals surface area contributed by atoms with Crippen molar-refractivity contribution in [2.45, 2.75) is 127 Å². The van der Waals surface area contributed by atoms with Gasteiger partial charge in [-0.3, -0.25) is 4.79 Å². The number of imidazole rings is 1. The van der Waals surface area contributed by atoms with Crippen LogP contribution in [0.2, 0.25) is 0 Å². The molecule has 10 atom stereocenters. The zero-order chi connectivity index (χ0) is 30.8. The first-order chi connectivity index (χ1) is 21.3. The van der Waals surface area contributed by atoms with Gasteiger partial charge in [-0.25, -0.2) is 4.98 Å². The summed E-state index contributed by atoms with van der Waals surface area (Å²) in [6.07, 6.45) is 12.9. The number of benzene rings is 1. The second-order valence-electron chi connectivity index (χ2n) is 14.3. The van der Waals surface area contributed by atoms with Crippen molar-refractivity contribution in [3.05, 3.63) is 47.5 Å². The van der Waals surface area contributed by atoms with Crippen LogP contribution in [0.3, 0.4) is 0 Å². The van der Waals surface area contributed by atoms with Gasteiger partial charge in [0.2, 0.25) is 5.91 Å². The Kier molecular flexibility index (Phi) is 9.66. The van der Waals surface area contributed by atoms with Gasteiger partial charge >= 0.3 is 0 Å². The van der Waals surface area contributed by atoms with Crippen LogP contribution in [0.1, 0.15) is 113 Å². The molecule has 0 spiro atoms. The molecule has 3 fully saturated rings. The minimum atomic E-state index is -1.07. The number of aliphatic hydroxyl groups excluding tert-OH is 3. The Morgan fingerprint density at radius 1 is 1.09 bits per heavy atom. The number of carbonyl (C=O) groups excluding carboxylic acids is 1. The van der Waals surface area contributed by atoms with E-state index in [1.165, 1.54) is 23.9 Å². The van der Waals surface area contributed by atoms with Crippen molar-refractivity contribution in [2.75, 3.05) is 6.54 Å². The van der Waals surface area contributed by atoms with Gasteiger partial charge in [0.15, 0.2) is 0 Å². The van der Waals surface area contributed by atoms with Crippen LogP contribution >= 0.6 is 0 Å². The summed E-state index contributed by atoms with van der Waals surface area (Å²) in [6, 6.07) is 5.96. The SMILES string of the molecule is C[C@]12CC[C@@H]3c4ccc(O)cc4CC[C@H]3[C@@H]1C[C@H](CCCCCCCCC(=O)NC[C@H]1O[C@@H](c3cnc[nH]3)[C@H](O)[C@@H]1O)[C@@H]2O. The highest BCUT2D eigenvalue weighted by Gasteiger charge is 2.57. The number of hydrogen-bond donors (Lipinski definition) is 6. The van der Waals surface area contributed by atoms with Crippen LogP contribution in [0, 0.1) is 23.2 Å².